The van der Waals surface area contributed by atoms with Crippen molar-refractivity contribution in [3.8, 4) is 11.5 Å². The molecule has 0 N–H and O–H groups in total. The molecule has 2 heterocycles. The van der Waals surface area contributed by atoms with Gasteiger partial charge in [0.25, 0.3) is 0 Å². The number of rotatable bonds is 7. The van der Waals surface area contributed by atoms with Crippen LogP contribution in [0.3, 0.4) is 0 Å². The summed E-state index contributed by atoms with van der Waals surface area (Å²) < 4.78 is 7.59. The minimum atomic E-state index is 0.0472. The monoisotopic (exact) mass is 353 g/mol. The van der Waals surface area contributed by atoms with Gasteiger partial charge in [-0.15, -0.1) is 10.2 Å². The van der Waals surface area contributed by atoms with E-state index in [4.69, 9.17) is 4.42 Å². The molecular formula is C19H23N5O2. The van der Waals surface area contributed by atoms with E-state index < -0.39 is 0 Å². The number of hydrogen-bond donors (Lipinski definition) is 0. The van der Waals surface area contributed by atoms with Gasteiger partial charge < -0.3 is 9.32 Å². The molecule has 1 aromatic carbocycles. The van der Waals surface area contributed by atoms with Gasteiger partial charge in [0.2, 0.25) is 17.7 Å². The molecule has 0 aliphatic carbocycles. The first-order valence-corrected chi connectivity index (χ1v) is 8.66. The zero-order chi connectivity index (χ0) is 18.5. The normalized spacial score (nSPS) is 10.9. The van der Waals surface area contributed by atoms with Crippen LogP contribution in [0.4, 0.5) is 0 Å². The number of amides is 1. The summed E-state index contributed by atoms with van der Waals surface area (Å²) in [5.74, 6) is 0.940. The first kappa shape index (κ1) is 17.8. The second-order valence-electron chi connectivity index (χ2n) is 6.37. The molecule has 0 spiro atoms. The summed E-state index contributed by atoms with van der Waals surface area (Å²) in [6.45, 7) is 5.03. The van der Waals surface area contributed by atoms with Crippen molar-refractivity contribution in [2.45, 2.75) is 39.8 Å². The van der Waals surface area contributed by atoms with Gasteiger partial charge in [0.05, 0.1) is 12.2 Å². The maximum Gasteiger partial charge on any atom is 0.247 e. The Labute approximate surface area is 152 Å². The fourth-order valence-electron chi connectivity index (χ4n) is 2.78. The van der Waals surface area contributed by atoms with Gasteiger partial charge in [-0.3, -0.25) is 9.48 Å². The average Bonchev–Trinajstić information content (AvgIpc) is 3.22. The van der Waals surface area contributed by atoms with Gasteiger partial charge >= 0.3 is 0 Å². The molecule has 7 heteroatoms. The smallest absolute Gasteiger partial charge is 0.247 e. The van der Waals surface area contributed by atoms with Crippen molar-refractivity contribution in [2.75, 3.05) is 7.05 Å². The molecule has 0 aliphatic heterocycles. The van der Waals surface area contributed by atoms with Gasteiger partial charge in [0.15, 0.2) is 0 Å². The minimum Gasteiger partial charge on any atom is -0.419 e. The van der Waals surface area contributed by atoms with Crippen LogP contribution in [0.15, 0.2) is 40.8 Å². The van der Waals surface area contributed by atoms with Crippen molar-refractivity contribution in [1.29, 1.82) is 0 Å². The second-order valence-corrected chi connectivity index (χ2v) is 6.37. The van der Waals surface area contributed by atoms with Crippen LogP contribution in [0, 0.1) is 13.8 Å². The molecule has 0 atom stereocenters. The van der Waals surface area contributed by atoms with Crippen LogP contribution in [0.5, 0.6) is 0 Å². The maximum atomic E-state index is 12.3. The number of benzene rings is 1. The average molecular weight is 353 g/mol. The van der Waals surface area contributed by atoms with Crippen molar-refractivity contribution in [3.63, 3.8) is 0 Å². The number of hydrogen-bond acceptors (Lipinski definition) is 5. The lowest BCUT2D eigenvalue weighted by atomic mass is 10.2. The Morgan fingerprint density at radius 1 is 1.19 bits per heavy atom. The van der Waals surface area contributed by atoms with Crippen molar-refractivity contribution < 1.29 is 9.21 Å². The summed E-state index contributed by atoms with van der Waals surface area (Å²) in [4.78, 5) is 13.9. The highest BCUT2D eigenvalue weighted by Crippen LogP contribution is 2.17. The van der Waals surface area contributed by atoms with Gasteiger partial charge in [0, 0.05) is 31.3 Å². The number of nitrogens with zero attached hydrogens (tertiary/aromatic N) is 5. The number of carbonyl (C=O) groups excluding carboxylic acids is 1. The van der Waals surface area contributed by atoms with Crippen molar-refractivity contribution in [3.05, 3.63) is 53.7 Å². The molecule has 26 heavy (non-hydrogen) atoms. The fourth-order valence-corrected chi connectivity index (χ4v) is 2.78. The summed E-state index contributed by atoms with van der Waals surface area (Å²) in [7, 11) is 1.75. The molecule has 3 rings (SSSR count). The van der Waals surface area contributed by atoms with E-state index >= 15 is 0 Å². The fraction of sp³-hybridized carbons (Fsp3) is 0.368. The predicted octanol–water partition coefficient (Wildman–Crippen LogP) is 2.99. The third-order valence-electron chi connectivity index (χ3n) is 4.15. The van der Waals surface area contributed by atoms with Crippen molar-refractivity contribution >= 4 is 5.91 Å². The standard InChI is InChI=1S/C19H23N5O2/c1-14-12-15(2)24(22-14)11-7-10-18(25)23(3)13-17-20-21-19(26-17)16-8-5-4-6-9-16/h4-6,8-9,12H,7,10-11,13H2,1-3H3. The quantitative estimate of drug-likeness (QED) is 0.652. The lowest BCUT2D eigenvalue weighted by Gasteiger charge is -2.14. The minimum absolute atomic E-state index is 0.0472. The lowest BCUT2D eigenvalue weighted by molar-refractivity contribution is -0.130. The van der Waals surface area contributed by atoms with Crippen molar-refractivity contribution in [1.82, 2.24) is 24.9 Å². The first-order valence-electron chi connectivity index (χ1n) is 8.66. The molecule has 0 fully saturated rings. The Kier molecular flexibility index (Phi) is 5.46. The van der Waals surface area contributed by atoms with E-state index in [0.717, 1.165) is 29.9 Å². The Morgan fingerprint density at radius 3 is 2.65 bits per heavy atom. The van der Waals surface area contributed by atoms with E-state index in [2.05, 4.69) is 15.3 Å². The zero-order valence-electron chi connectivity index (χ0n) is 15.3. The van der Waals surface area contributed by atoms with E-state index in [1.165, 1.54) is 0 Å². The van der Waals surface area contributed by atoms with Crippen LogP contribution >= 0.6 is 0 Å². The number of aryl methyl sites for hydroxylation is 3. The number of aromatic nitrogens is 4. The summed E-state index contributed by atoms with van der Waals surface area (Å²) in [6.07, 6.45) is 1.19. The Morgan fingerprint density at radius 2 is 1.96 bits per heavy atom. The van der Waals surface area contributed by atoms with E-state index in [9.17, 15) is 4.79 Å². The van der Waals surface area contributed by atoms with Crippen LogP contribution in [0.1, 0.15) is 30.1 Å². The van der Waals surface area contributed by atoms with E-state index in [-0.39, 0.29) is 5.91 Å². The molecule has 3 aromatic rings. The highest BCUT2D eigenvalue weighted by molar-refractivity contribution is 5.75. The highest BCUT2D eigenvalue weighted by atomic mass is 16.4. The first-order chi connectivity index (χ1) is 12.5. The van der Waals surface area contributed by atoms with Crippen LogP contribution in [0.25, 0.3) is 11.5 Å². The summed E-state index contributed by atoms with van der Waals surface area (Å²) in [6, 6.07) is 11.6. The molecular weight excluding hydrogens is 330 g/mol. The number of carbonyl (C=O) groups is 1. The summed E-state index contributed by atoms with van der Waals surface area (Å²) >= 11 is 0. The largest absolute Gasteiger partial charge is 0.419 e. The summed E-state index contributed by atoms with van der Waals surface area (Å²) in [5.41, 5.74) is 2.98. The predicted molar refractivity (Wildman–Crippen MR) is 97.1 cm³/mol. The Hall–Kier alpha value is -2.96. The van der Waals surface area contributed by atoms with Crippen LogP contribution < -0.4 is 0 Å². The lowest BCUT2D eigenvalue weighted by Crippen LogP contribution is -2.26. The van der Waals surface area contributed by atoms with Crippen LogP contribution in [-0.4, -0.2) is 37.8 Å². The topological polar surface area (TPSA) is 77.0 Å². The SMILES string of the molecule is Cc1cc(C)n(CCCC(=O)N(C)Cc2nnc(-c3ccccc3)o2)n1. The highest BCUT2D eigenvalue weighted by Gasteiger charge is 2.14. The van der Waals surface area contributed by atoms with E-state index in [1.54, 1.807) is 11.9 Å². The Balaban J connectivity index is 1.50. The second kappa shape index (κ2) is 7.95. The molecule has 0 radical (unpaired) electrons. The van der Waals surface area contributed by atoms with Crippen LogP contribution in [0.2, 0.25) is 0 Å². The molecule has 0 unspecified atom stereocenters. The molecule has 0 saturated heterocycles. The molecule has 136 valence electrons. The summed E-state index contributed by atoms with van der Waals surface area (Å²) in [5, 5.41) is 12.5. The van der Waals surface area contributed by atoms with E-state index in [1.807, 2.05) is 54.9 Å². The van der Waals surface area contributed by atoms with E-state index in [0.29, 0.717) is 24.7 Å². The maximum absolute atomic E-state index is 12.3. The zero-order valence-corrected chi connectivity index (χ0v) is 15.3. The molecule has 2 aromatic heterocycles. The molecule has 7 nitrogen and oxygen atoms in total. The van der Waals surface area contributed by atoms with Gasteiger partial charge in [-0.05, 0) is 38.5 Å². The Bertz CT molecular complexity index is 869. The van der Waals surface area contributed by atoms with Gasteiger partial charge in [-0.1, -0.05) is 18.2 Å². The molecule has 0 saturated carbocycles. The van der Waals surface area contributed by atoms with Crippen molar-refractivity contribution in [2.24, 2.45) is 0 Å². The molecule has 0 aliphatic rings. The molecule has 0 bridgehead atoms. The van der Waals surface area contributed by atoms with Gasteiger partial charge in [-0.25, -0.2) is 0 Å². The third kappa shape index (κ3) is 4.36. The third-order valence-corrected chi connectivity index (χ3v) is 4.15. The van der Waals surface area contributed by atoms with Gasteiger partial charge in [0.1, 0.15) is 0 Å². The van der Waals surface area contributed by atoms with Gasteiger partial charge in [-0.2, -0.15) is 5.10 Å². The molecule has 1 amide bonds. The van der Waals surface area contributed by atoms with Crippen LogP contribution in [-0.2, 0) is 17.9 Å².